The molecule has 1 heterocycles. The van der Waals surface area contributed by atoms with E-state index in [4.69, 9.17) is 0 Å². The first-order chi connectivity index (χ1) is 9.47. The van der Waals surface area contributed by atoms with E-state index in [9.17, 15) is 0 Å². The number of rotatable bonds is 3. The lowest BCUT2D eigenvalue weighted by atomic mass is 9.75. The van der Waals surface area contributed by atoms with Gasteiger partial charge in [-0.3, -0.25) is 0 Å². The highest BCUT2D eigenvalue weighted by atomic mass is 32.2. The number of hydrogen-bond acceptors (Lipinski definition) is 2. The second kappa shape index (κ2) is 5.62. The van der Waals surface area contributed by atoms with Gasteiger partial charge in [-0.2, -0.15) is 11.8 Å². The molecule has 0 aromatic heterocycles. The lowest BCUT2D eigenvalue weighted by molar-refractivity contribution is 0.222. The predicted octanol–water partition coefficient (Wildman–Crippen LogP) is 4.75. The van der Waals surface area contributed by atoms with Crippen molar-refractivity contribution in [2.75, 3.05) is 6.54 Å². The van der Waals surface area contributed by atoms with Crippen molar-refractivity contribution in [2.45, 2.75) is 75.6 Å². The molecule has 0 bridgehead atoms. The lowest BCUT2D eigenvalue weighted by Gasteiger charge is -2.37. The van der Waals surface area contributed by atoms with Gasteiger partial charge in [0.1, 0.15) is 8.24 Å². The van der Waals surface area contributed by atoms with Crippen LogP contribution >= 0.6 is 11.8 Å². The van der Waals surface area contributed by atoms with E-state index < -0.39 is 8.24 Å². The molecular weight excluding hydrogens is 278 g/mol. The standard InChI is InChI=1S/C17H33NSSi/c1-6-18-20(4,5)17-12(3)11(2)15-13-9-7-8-10-14(13)19-16(15)17/h11-18H,6-10H2,1-5H3. The van der Waals surface area contributed by atoms with Crippen LogP contribution in [0.1, 0.15) is 46.5 Å². The quantitative estimate of drug-likeness (QED) is 0.755. The molecule has 0 radical (unpaired) electrons. The number of nitrogens with one attached hydrogen (secondary N) is 1. The molecule has 1 saturated heterocycles. The van der Waals surface area contributed by atoms with E-state index >= 15 is 0 Å². The van der Waals surface area contributed by atoms with E-state index in [0.717, 1.165) is 46.3 Å². The first kappa shape index (κ1) is 15.4. The van der Waals surface area contributed by atoms with Crippen LogP contribution < -0.4 is 4.98 Å². The van der Waals surface area contributed by atoms with Gasteiger partial charge in [-0.05, 0) is 48.6 Å². The van der Waals surface area contributed by atoms with Crippen LogP contribution in [0.2, 0.25) is 18.6 Å². The maximum absolute atomic E-state index is 3.93. The van der Waals surface area contributed by atoms with Gasteiger partial charge in [-0.25, -0.2) is 0 Å². The molecule has 20 heavy (non-hydrogen) atoms. The largest absolute Gasteiger partial charge is 0.337 e. The number of fused-ring (bicyclic) bond motifs is 3. The average Bonchev–Trinajstić information content (AvgIpc) is 2.86. The van der Waals surface area contributed by atoms with Crippen LogP contribution in [-0.2, 0) is 0 Å². The Morgan fingerprint density at radius 3 is 2.50 bits per heavy atom. The van der Waals surface area contributed by atoms with Crippen molar-refractivity contribution in [1.82, 2.24) is 4.98 Å². The van der Waals surface area contributed by atoms with Crippen molar-refractivity contribution in [3.8, 4) is 0 Å². The fourth-order valence-electron chi connectivity index (χ4n) is 5.90. The third-order valence-corrected chi connectivity index (χ3v) is 12.7. The summed E-state index contributed by atoms with van der Waals surface area (Å²) in [7, 11) is -1.30. The highest BCUT2D eigenvalue weighted by Gasteiger charge is 2.60. The Hall–Kier alpha value is 0.527. The fourth-order valence-corrected chi connectivity index (χ4v) is 13.2. The zero-order valence-electron chi connectivity index (χ0n) is 14.0. The molecule has 1 nitrogen and oxygen atoms in total. The summed E-state index contributed by atoms with van der Waals surface area (Å²) in [6.07, 6.45) is 6.05. The normalized spacial score (nSPS) is 48.1. The van der Waals surface area contributed by atoms with Gasteiger partial charge in [0.05, 0.1) is 0 Å². The minimum Gasteiger partial charge on any atom is -0.337 e. The second-order valence-electron chi connectivity index (χ2n) is 8.16. The van der Waals surface area contributed by atoms with E-state index in [2.05, 4.69) is 50.6 Å². The van der Waals surface area contributed by atoms with Crippen LogP contribution in [0.25, 0.3) is 0 Å². The molecule has 0 aromatic rings. The Labute approximate surface area is 131 Å². The van der Waals surface area contributed by atoms with E-state index in [1.54, 1.807) is 0 Å². The predicted molar refractivity (Wildman–Crippen MR) is 93.9 cm³/mol. The Morgan fingerprint density at radius 2 is 1.80 bits per heavy atom. The molecule has 2 aliphatic carbocycles. The molecule has 0 amide bonds. The third-order valence-electron chi connectivity index (χ3n) is 6.78. The van der Waals surface area contributed by atoms with E-state index in [1.807, 2.05) is 0 Å². The molecule has 3 fully saturated rings. The van der Waals surface area contributed by atoms with Crippen molar-refractivity contribution < 1.29 is 0 Å². The summed E-state index contributed by atoms with van der Waals surface area (Å²) in [4.78, 5) is 3.93. The Balaban J connectivity index is 1.86. The van der Waals surface area contributed by atoms with Gasteiger partial charge < -0.3 is 4.98 Å². The molecule has 7 unspecified atom stereocenters. The smallest absolute Gasteiger partial charge is 0.123 e. The highest BCUT2D eigenvalue weighted by molar-refractivity contribution is 8.01. The molecule has 7 atom stereocenters. The second-order valence-corrected chi connectivity index (χ2v) is 14.0. The van der Waals surface area contributed by atoms with Crippen LogP contribution in [0, 0.1) is 23.7 Å². The van der Waals surface area contributed by atoms with Gasteiger partial charge in [-0.1, -0.05) is 46.7 Å². The zero-order valence-corrected chi connectivity index (χ0v) is 15.8. The van der Waals surface area contributed by atoms with Crippen LogP contribution in [0.3, 0.4) is 0 Å². The fraction of sp³-hybridized carbons (Fsp3) is 1.00. The topological polar surface area (TPSA) is 12.0 Å². The summed E-state index contributed by atoms with van der Waals surface area (Å²) in [6, 6.07) is 0. The zero-order chi connectivity index (χ0) is 14.5. The van der Waals surface area contributed by atoms with Crippen LogP contribution in [0.4, 0.5) is 0 Å². The van der Waals surface area contributed by atoms with Gasteiger partial charge in [0, 0.05) is 10.5 Å². The molecule has 3 aliphatic rings. The summed E-state index contributed by atoms with van der Waals surface area (Å²) >= 11 is 2.43. The van der Waals surface area contributed by atoms with Crippen LogP contribution in [-0.4, -0.2) is 25.3 Å². The highest BCUT2D eigenvalue weighted by Crippen LogP contribution is 2.64. The molecule has 3 rings (SSSR count). The molecule has 116 valence electrons. The molecule has 0 spiro atoms. The van der Waals surface area contributed by atoms with Crippen molar-refractivity contribution in [3.05, 3.63) is 0 Å². The minimum absolute atomic E-state index is 0.932. The summed E-state index contributed by atoms with van der Waals surface area (Å²) in [5, 5.41) is 2.00. The number of hydrogen-bond donors (Lipinski definition) is 1. The molecular formula is C17H33NSSi. The van der Waals surface area contributed by atoms with Crippen molar-refractivity contribution in [3.63, 3.8) is 0 Å². The van der Waals surface area contributed by atoms with Crippen LogP contribution in [0.15, 0.2) is 0 Å². The van der Waals surface area contributed by atoms with Gasteiger partial charge >= 0.3 is 0 Å². The average molecular weight is 312 g/mol. The monoisotopic (exact) mass is 311 g/mol. The third kappa shape index (κ3) is 2.32. The molecule has 2 saturated carbocycles. The summed E-state index contributed by atoms with van der Waals surface area (Å²) < 4.78 is 0. The Kier molecular flexibility index (Phi) is 4.34. The molecule has 3 heteroatoms. The van der Waals surface area contributed by atoms with Gasteiger partial charge in [0.25, 0.3) is 0 Å². The van der Waals surface area contributed by atoms with Gasteiger partial charge in [-0.15, -0.1) is 0 Å². The first-order valence-electron chi connectivity index (χ1n) is 8.88. The SMILES string of the molecule is CCN[Si](C)(C)C1C(C)C(C)C2C3CCCCC3SC21. The summed E-state index contributed by atoms with van der Waals surface area (Å²) in [6.45, 7) is 13.8. The van der Waals surface area contributed by atoms with Gasteiger partial charge in [0.15, 0.2) is 0 Å². The molecule has 0 aromatic carbocycles. The first-order valence-corrected chi connectivity index (χ1v) is 12.9. The van der Waals surface area contributed by atoms with Crippen molar-refractivity contribution in [1.29, 1.82) is 0 Å². The van der Waals surface area contributed by atoms with Crippen molar-refractivity contribution >= 4 is 20.0 Å². The minimum atomic E-state index is -1.30. The number of thioether (sulfide) groups is 1. The summed E-state index contributed by atoms with van der Waals surface area (Å²) in [5.41, 5.74) is 0.984. The van der Waals surface area contributed by atoms with E-state index in [1.165, 1.54) is 25.7 Å². The molecule has 1 N–H and O–H groups in total. The van der Waals surface area contributed by atoms with E-state index in [0.29, 0.717) is 0 Å². The molecule has 1 aliphatic heterocycles. The van der Waals surface area contributed by atoms with Crippen molar-refractivity contribution in [2.24, 2.45) is 23.7 Å². The Bertz CT molecular complexity index is 359. The summed E-state index contributed by atoms with van der Waals surface area (Å²) in [5.74, 6) is 3.99. The van der Waals surface area contributed by atoms with Crippen LogP contribution in [0.5, 0.6) is 0 Å². The lowest BCUT2D eigenvalue weighted by Crippen LogP contribution is -2.52. The maximum atomic E-state index is 3.93. The van der Waals surface area contributed by atoms with Gasteiger partial charge in [0.2, 0.25) is 0 Å². The Morgan fingerprint density at radius 1 is 1.10 bits per heavy atom. The maximum Gasteiger partial charge on any atom is 0.123 e. The van der Waals surface area contributed by atoms with E-state index in [-0.39, 0.29) is 0 Å².